The summed E-state index contributed by atoms with van der Waals surface area (Å²) >= 11 is 6.45. The highest BCUT2D eigenvalue weighted by Crippen LogP contribution is 2.37. The minimum atomic E-state index is -0.405. The van der Waals surface area contributed by atoms with Gasteiger partial charge in [0.2, 0.25) is 0 Å². The van der Waals surface area contributed by atoms with Crippen LogP contribution in [0.1, 0.15) is 35.7 Å². The second kappa shape index (κ2) is 9.11. The number of benzene rings is 2. The Balaban J connectivity index is 1.77. The van der Waals surface area contributed by atoms with Gasteiger partial charge in [0, 0.05) is 11.6 Å². The number of nitrogens with zero attached hydrogens (tertiary/aromatic N) is 1. The largest absolute Gasteiger partial charge is 0.508 e. The number of thioether (sulfide) groups is 1. The van der Waals surface area contributed by atoms with Crippen LogP contribution in [0.15, 0.2) is 47.4 Å². The molecule has 0 spiro atoms. The van der Waals surface area contributed by atoms with Gasteiger partial charge in [-0.15, -0.1) is 0 Å². The number of thiocarbonyl (C=S) groups is 1. The number of esters is 1. The molecule has 3 rings (SSSR count). The molecule has 1 aliphatic rings. The van der Waals surface area contributed by atoms with Crippen LogP contribution < -0.4 is 4.90 Å². The molecule has 2 aromatic rings. The Morgan fingerprint density at radius 3 is 2.59 bits per heavy atom. The molecule has 29 heavy (non-hydrogen) atoms. The maximum absolute atomic E-state index is 12.8. The molecule has 0 radical (unpaired) electrons. The second-order valence-electron chi connectivity index (χ2n) is 6.30. The summed E-state index contributed by atoms with van der Waals surface area (Å²) in [4.78, 5) is 26.5. The quantitative estimate of drug-likeness (QED) is 0.303. The SMILES string of the molecule is CCCCOC(=O)c1ccc(N2C(=O)/C(=C/c3ccc(O)cc3O)SC2=S)cc1. The molecule has 2 aromatic carbocycles. The first kappa shape index (κ1) is 20.9. The van der Waals surface area contributed by atoms with Crippen molar-refractivity contribution in [3.05, 3.63) is 58.5 Å². The number of unbranched alkanes of at least 4 members (excludes halogenated alkanes) is 1. The van der Waals surface area contributed by atoms with Gasteiger partial charge in [-0.2, -0.15) is 0 Å². The van der Waals surface area contributed by atoms with Gasteiger partial charge in [0.1, 0.15) is 11.5 Å². The van der Waals surface area contributed by atoms with Gasteiger partial charge in [0.25, 0.3) is 5.91 Å². The lowest BCUT2D eigenvalue weighted by Gasteiger charge is -2.15. The number of hydrogen-bond donors (Lipinski definition) is 2. The van der Waals surface area contributed by atoms with E-state index >= 15 is 0 Å². The number of phenols is 2. The lowest BCUT2D eigenvalue weighted by molar-refractivity contribution is -0.113. The van der Waals surface area contributed by atoms with Gasteiger partial charge in [-0.05, 0) is 48.9 Å². The van der Waals surface area contributed by atoms with Crippen molar-refractivity contribution in [2.75, 3.05) is 11.5 Å². The molecular weight excluding hydrogens is 410 g/mol. The topological polar surface area (TPSA) is 87.1 Å². The molecular formula is C21H19NO5S2. The summed E-state index contributed by atoms with van der Waals surface area (Å²) in [5.74, 6) is -0.939. The maximum Gasteiger partial charge on any atom is 0.338 e. The summed E-state index contributed by atoms with van der Waals surface area (Å²) in [6.07, 6.45) is 3.27. The fraction of sp³-hybridized carbons (Fsp3) is 0.190. The number of carbonyl (C=O) groups is 2. The molecule has 6 nitrogen and oxygen atoms in total. The highest BCUT2D eigenvalue weighted by Gasteiger charge is 2.33. The van der Waals surface area contributed by atoms with E-state index in [1.165, 1.54) is 29.2 Å². The maximum atomic E-state index is 12.8. The van der Waals surface area contributed by atoms with Crippen molar-refractivity contribution in [1.82, 2.24) is 0 Å². The van der Waals surface area contributed by atoms with E-state index in [1.807, 2.05) is 6.92 Å². The van der Waals surface area contributed by atoms with Crippen molar-refractivity contribution in [3.8, 4) is 11.5 Å². The van der Waals surface area contributed by atoms with Crippen LogP contribution in [0.25, 0.3) is 6.08 Å². The smallest absolute Gasteiger partial charge is 0.338 e. The zero-order valence-corrected chi connectivity index (χ0v) is 17.3. The van der Waals surface area contributed by atoms with E-state index in [0.717, 1.165) is 24.6 Å². The molecule has 1 aliphatic heterocycles. The standard InChI is InChI=1S/C21H19NO5S2/c1-2-3-10-27-20(26)13-4-7-15(8-5-13)22-19(25)18(29-21(22)28)11-14-6-9-16(23)12-17(14)24/h4-9,11-12,23-24H,2-3,10H2,1H3/b18-11-. The third-order valence-corrected chi connectivity index (χ3v) is 5.49. The predicted molar refractivity (Wildman–Crippen MR) is 117 cm³/mol. The first-order valence-corrected chi connectivity index (χ1v) is 10.2. The minimum Gasteiger partial charge on any atom is -0.508 e. The monoisotopic (exact) mass is 429 g/mol. The second-order valence-corrected chi connectivity index (χ2v) is 7.97. The average Bonchev–Trinajstić information content (AvgIpc) is 2.97. The molecule has 0 aliphatic carbocycles. The number of amides is 1. The fourth-order valence-corrected chi connectivity index (χ4v) is 3.91. The molecule has 1 fully saturated rings. The molecule has 150 valence electrons. The third-order valence-electron chi connectivity index (χ3n) is 4.19. The van der Waals surface area contributed by atoms with Gasteiger partial charge in [-0.25, -0.2) is 4.79 Å². The number of anilines is 1. The summed E-state index contributed by atoms with van der Waals surface area (Å²) in [5, 5.41) is 19.3. The summed E-state index contributed by atoms with van der Waals surface area (Å²) < 4.78 is 5.52. The van der Waals surface area contributed by atoms with E-state index < -0.39 is 5.97 Å². The van der Waals surface area contributed by atoms with Crippen molar-refractivity contribution in [2.24, 2.45) is 0 Å². The van der Waals surface area contributed by atoms with Crippen molar-refractivity contribution in [2.45, 2.75) is 19.8 Å². The molecule has 0 bridgehead atoms. The Morgan fingerprint density at radius 2 is 1.93 bits per heavy atom. The highest BCUT2D eigenvalue weighted by molar-refractivity contribution is 8.27. The number of hydrogen-bond acceptors (Lipinski definition) is 7. The van der Waals surface area contributed by atoms with E-state index in [9.17, 15) is 19.8 Å². The third kappa shape index (κ3) is 4.78. The molecule has 1 amide bonds. The van der Waals surface area contributed by atoms with E-state index in [0.29, 0.717) is 32.6 Å². The van der Waals surface area contributed by atoms with Crippen LogP contribution in [0.3, 0.4) is 0 Å². The van der Waals surface area contributed by atoms with Crippen molar-refractivity contribution in [3.63, 3.8) is 0 Å². The van der Waals surface area contributed by atoms with Crippen LogP contribution in [0.2, 0.25) is 0 Å². The normalized spacial score (nSPS) is 15.2. The Labute approximate surface area is 177 Å². The zero-order valence-electron chi connectivity index (χ0n) is 15.6. The Kier molecular flexibility index (Phi) is 6.56. The van der Waals surface area contributed by atoms with E-state index in [2.05, 4.69) is 0 Å². The van der Waals surface area contributed by atoms with E-state index in [1.54, 1.807) is 24.3 Å². The van der Waals surface area contributed by atoms with Gasteiger partial charge in [-0.1, -0.05) is 37.3 Å². The summed E-state index contributed by atoms with van der Waals surface area (Å²) in [7, 11) is 0. The van der Waals surface area contributed by atoms with Crippen LogP contribution >= 0.6 is 24.0 Å². The Morgan fingerprint density at radius 1 is 1.21 bits per heavy atom. The first-order chi connectivity index (χ1) is 13.9. The number of rotatable bonds is 6. The zero-order chi connectivity index (χ0) is 21.0. The molecule has 1 heterocycles. The highest BCUT2D eigenvalue weighted by atomic mass is 32.2. The molecule has 0 unspecified atom stereocenters. The summed E-state index contributed by atoms with van der Waals surface area (Å²) in [6, 6.07) is 10.6. The minimum absolute atomic E-state index is 0.0690. The number of aromatic hydroxyl groups is 2. The molecule has 2 N–H and O–H groups in total. The summed E-state index contributed by atoms with van der Waals surface area (Å²) in [5.41, 5.74) is 1.34. The summed E-state index contributed by atoms with van der Waals surface area (Å²) in [6.45, 7) is 2.39. The van der Waals surface area contributed by atoms with Gasteiger partial charge >= 0.3 is 5.97 Å². The van der Waals surface area contributed by atoms with Crippen LogP contribution in [-0.2, 0) is 9.53 Å². The van der Waals surface area contributed by atoms with Crippen molar-refractivity contribution >= 4 is 51.9 Å². The lowest BCUT2D eigenvalue weighted by Crippen LogP contribution is -2.27. The van der Waals surface area contributed by atoms with Gasteiger partial charge in [0.15, 0.2) is 4.32 Å². The Bertz CT molecular complexity index is 985. The fourth-order valence-electron chi connectivity index (χ4n) is 2.62. The van der Waals surface area contributed by atoms with Crippen LogP contribution in [0.4, 0.5) is 5.69 Å². The van der Waals surface area contributed by atoms with Crippen LogP contribution in [0.5, 0.6) is 11.5 Å². The van der Waals surface area contributed by atoms with E-state index in [-0.39, 0.29) is 17.4 Å². The van der Waals surface area contributed by atoms with Crippen LogP contribution in [0, 0.1) is 0 Å². The van der Waals surface area contributed by atoms with Crippen LogP contribution in [-0.4, -0.2) is 33.0 Å². The molecule has 0 atom stereocenters. The average molecular weight is 430 g/mol. The number of carbonyl (C=O) groups excluding carboxylic acids is 2. The van der Waals surface area contributed by atoms with Gasteiger partial charge in [-0.3, -0.25) is 9.69 Å². The molecule has 8 heteroatoms. The van der Waals surface area contributed by atoms with Gasteiger partial charge in [0.05, 0.1) is 22.8 Å². The van der Waals surface area contributed by atoms with Gasteiger partial charge < -0.3 is 14.9 Å². The predicted octanol–water partition coefficient (Wildman–Crippen LogP) is 4.46. The first-order valence-electron chi connectivity index (χ1n) is 8.98. The molecule has 0 saturated carbocycles. The van der Waals surface area contributed by atoms with Crippen molar-refractivity contribution < 1.29 is 24.5 Å². The molecule has 0 aromatic heterocycles. The lowest BCUT2D eigenvalue weighted by atomic mass is 10.1. The number of phenolic OH excluding ortho intramolecular Hbond substituents is 2. The number of ether oxygens (including phenoxy) is 1. The Hall–Kier alpha value is -2.84. The van der Waals surface area contributed by atoms with Crippen molar-refractivity contribution in [1.29, 1.82) is 0 Å². The van der Waals surface area contributed by atoms with E-state index in [4.69, 9.17) is 17.0 Å². The molecule has 1 saturated heterocycles.